The number of hydrogen-bond acceptors (Lipinski definition) is 0. The van der Waals surface area contributed by atoms with Crippen molar-refractivity contribution in [1.82, 2.24) is 0 Å². The fourth-order valence-corrected chi connectivity index (χ4v) is 1.65. The van der Waals surface area contributed by atoms with Crippen LogP contribution in [0, 0.1) is 11.8 Å². The van der Waals surface area contributed by atoms with E-state index in [1.807, 2.05) is 0 Å². The van der Waals surface area contributed by atoms with Crippen LogP contribution in [-0.2, 0) is 0 Å². The maximum atomic E-state index is 2.36. The van der Waals surface area contributed by atoms with Crippen molar-refractivity contribution in [3.05, 3.63) is 0 Å². The van der Waals surface area contributed by atoms with Crippen molar-refractivity contribution in [2.75, 3.05) is 0 Å². The largest absolute Gasteiger partial charge is 0.0654 e. The molecule has 0 aliphatic carbocycles. The van der Waals surface area contributed by atoms with Crippen LogP contribution in [0.3, 0.4) is 0 Å². The third-order valence-corrected chi connectivity index (χ3v) is 2.53. The van der Waals surface area contributed by atoms with Gasteiger partial charge in [-0.15, -0.1) is 0 Å². The van der Waals surface area contributed by atoms with Gasteiger partial charge in [0, 0.05) is 0 Å². The molecular formula is C11H24. The molecule has 0 rings (SSSR count). The molecule has 0 aromatic rings. The Bertz CT molecular complexity index is 74.1. The number of hydrogen-bond donors (Lipinski definition) is 0. The van der Waals surface area contributed by atoms with E-state index < -0.39 is 0 Å². The van der Waals surface area contributed by atoms with E-state index in [2.05, 4.69) is 27.7 Å². The van der Waals surface area contributed by atoms with Gasteiger partial charge in [0.2, 0.25) is 0 Å². The zero-order chi connectivity index (χ0) is 8.69. The Morgan fingerprint density at radius 2 is 1.55 bits per heavy atom. The van der Waals surface area contributed by atoms with Crippen LogP contribution in [0.2, 0.25) is 0 Å². The first-order chi connectivity index (χ1) is 5.22. The Balaban J connectivity index is 3.51. The van der Waals surface area contributed by atoms with Crippen molar-refractivity contribution in [2.24, 2.45) is 11.8 Å². The predicted octanol–water partition coefficient (Wildman–Crippen LogP) is 4.25. The van der Waals surface area contributed by atoms with Crippen LogP contribution in [0.15, 0.2) is 0 Å². The smallest absolute Gasteiger partial charge is 0.0391 e. The Labute approximate surface area is 72.4 Å². The van der Waals surface area contributed by atoms with Gasteiger partial charge in [-0.1, -0.05) is 59.8 Å². The lowest BCUT2D eigenvalue weighted by Gasteiger charge is -2.19. The lowest BCUT2D eigenvalue weighted by molar-refractivity contribution is 0.325. The van der Waals surface area contributed by atoms with E-state index in [1.54, 1.807) is 0 Å². The van der Waals surface area contributed by atoms with Crippen LogP contribution in [0.1, 0.15) is 59.8 Å². The third kappa shape index (κ3) is 5.29. The van der Waals surface area contributed by atoms with Gasteiger partial charge in [-0.05, 0) is 11.8 Å². The molecule has 0 heterocycles. The summed E-state index contributed by atoms with van der Waals surface area (Å²) in [6.45, 7) is 9.29. The average Bonchev–Trinajstić information content (AvgIpc) is 1.97. The lowest BCUT2D eigenvalue weighted by atomic mass is 9.87. The summed E-state index contributed by atoms with van der Waals surface area (Å²) >= 11 is 0. The van der Waals surface area contributed by atoms with Crippen molar-refractivity contribution in [2.45, 2.75) is 59.8 Å². The van der Waals surface area contributed by atoms with Crippen LogP contribution in [0.25, 0.3) is 0 Å². The summed E-state index contributed by atoms with van der Waals surface area (Å²) < 4.78 is 0. The summed E-state index contributed by atoms with van der Waals surface area (Å²) in [5.41, 5.74) is 0. The van der Waals surface area contributed by atoms with E-state index in [0.29, 0.717) is 0 Å². The molecule has 0 N–H and O–H groups in total. The molecule has 0 spiro atoms. The van der Waals surface area contributed by atoms with Gasteiger partial charge in [0.15, 0.2) is 0 Å². The van der Waals surface area contributed by atoms with Crippen molar-refractivity contribution < 1.29 is 0 Å². The second kappa shape index (κ2) is 6.69. The van der Waals surface area contributed by atoms with E-state index in [4.69, 9.17) is 0 Å². The zero-order valence-electron chi connectivity index (χ0n) is 8.69. The van der Waals surface area contributed by atoms with Gasteiger partial charge in [0.25, 0.3) is 0 Å². The Morgan fingerprint density at radius 3 is 1.91 bits per heavy atom. The first kappa shape index (κ1) is 11.0. The first-order valence-electron chi connectivity index (χ1n) is 5.22. The third-order valence-electron chi connectivity index (χ3n) is 2.53. The lowest BCUT2D eigenvalue weighted by Crippen LogP contribution is -2.07. The first-order valence-corrected chi connectivity index (χ1v) is 5.22. The number of unbranched alkanes of at least 4 members (excludes halogenated alkanes) is 1. The SMILES string of the molecule is CCCC[C@H](CCC)C(C)C. The molecule has 68 valence electrons. The predicted molar refractivity (Wildman–Crippen MR) is 52.8 cm³/mol. The van der Waals surface area contributed by atoms with E-state index in [1.165, 1.54) is 32.1 Å². The zero-order valence-corrected chi connectivity index (χ0v) is 8.69. The monoisotopic (exact) mass is 156 g/mol. The molecule has 0 radical (unpaired) electrons. The summed E-state index contributed by atoms with van der Waals surface area (Å²) in [7, 11) is 0. The van der Waals surface area contributed by atoms with Crippen molar-refractivity contribution in [3.63, 3.8) is 0 Å². The molecule has 0 aromatic heterocycles. The quantitative estimate of drug-likeness (QED) is 0.539. The van der Waals surface area contributed by atoms with Gasteiger partial charge in [0.05, 0.1) is 0 Å². The van der Waals surface area contributed by atoms with Crippen LogP contribution in [0.5, 0.6) is 0 Å². The van der Waals surface area contributed by atoms with Gasteiger partial charge in [-0.3, -0.25) is 0 Å². The molecule has 0 fully saturated rings. The molecule has 0 nitrogen and oxygen atoms in total. The van der Waals surface area contributed by atoms with E-state index in [0.717, 1.165) is 11.8 Å². The van der Waals surface area contributed by atoms with Gasteiger partial charge in [0.1, 0.15) is 0 Å². The molecule has 0 amide bonds. The summed E-state index contributed by atoms with van der Waals surface area (Å²) in [5, 5.41) is 0. The summed E-state index contributed by atoms with van der Waals surface area (Å²) in [6.07, 6.45) is 7.00. The fraction of sp³-hybridized carbons (Fsp3) is 1.00. The standard InChI is InChI=1S/C11H24/c1-5-7-9-11(8-6-2)10(3)4/h10-11H,5-9H2,1-4H3/t11-/m0/s1. The topological polar surface area (TPSA) is 0 Å². The normalized spacial score (nSPS) is 13.9. The molecule has 0 heteroatoms. The molecule has 1 atom stereocenters. The second-order valence-electron chi connectivity index (χ2n) is 3.94. The summed E-state index contributed by atoms with van der Waals surface area (Å²) in [4.78, 5) is 0. The Morgan fingerprint density at radius 1 is 0.909 bits per heavy atom. The average molecular weight is 156 g/mol. The van der Waals surface area contributed by atoms with Crippen molar-refractivity contribution in [1.29, 1.82) is 0 Å². The molecule has 0 aliphatic heterocycles. The minimum Gasteiger partial charge on any atom is -0.0654 e. The minimum atomic E-state index is 0.890. The van der Waals surface area contributed by atoms with Gasteiger partial charge in [-0.25, -0.2) is 0 Å². The number of rotatable bonds is 6. The van der Waals surface area contributed by atoms with E-state index in [9.17, 15) is 0 Å². The van der Waals surface area contributed by atoms with Crippen LogP contribution in [0.4, 0.5) is 0 Å². The second-order valence-corrected chi connectivity index (χ2v) is 3.94. The Kier molecular flexibility index (Phi) is 6.69. The minimum absolute atomic E-state index is 0.890. The van der Waals surface area contributed by atoms with Crippen molar-refractivity contribution >= 4 is 0 Å². The van der Waals surface area contributed by atoms with Crippen LogP contribution >= 0.6 is 0 Å². The van der Waals surface area contributed by atoms with Gasteiger partial charge in [-0.2, -0.15) is 0 Å². The highest BCUT2D eigenvalue weighted by Gasteiger charge is 2.10. The van der Waals surface area contributed by atoms with Crippen molar-refractivity contribution in [3.8, 4) is 0 Å². The van der Waals surface area contributed by atoms with Gasteiger partial charge >= 0.3 is 0 Å². The molecule has 0 aliphatic rings. The van der Waals surface area contributed by atoms with Crippen LogP contribution in [-0.4, -0.2) is 0 Å². The molecule has 11 heavy (non-hydrogen) atoms. The highest BCUT2D eigenvalue weighted by molar-refractivity contribution is 4.62. The van der Waals surface area contributed by atoms with Gasteiger partial charge < -0.3 is 0 Å². The maximum absolute atomic E-state index is 2.36. The maximum Gasteiger partial charge on any atom is -0.0391 e. The highest BCUT2D eigenvalue weighted by Crippen LogP contribution is 2.22. The van der Waals surface area contributed by atoms with E-state index in [-0.39, 0.29) is 0 Å². The molecule has 0 unspecified atom stereocenters. The van der Waals surface area contributed by atoms with E-state index >= 15 is 0 Å². The fourth-order valence-electron chi connectivity index (χ4n) is 1.65. The Hall–Kier alpha value is 0. The molecule has 0 bridgehead atoms. The molecule has 0 aromatic carbocycles. The van der Waals surface area contributed by atoms with Crippen LogP contribution < -0.4 is 0 Å². The molecule has 0 saturated carbocycles. The highest BCUT2D eigenvalue weighted by atomic mass is 14.2. The summed E-state index contributed by atoms with van der Waals surface area (Å²) in [6, 6.07) is 0. The molecular weight excluding hydrogens is 132 g/mol. The summed E-state index contributed by atoms with van der Waals surface area (Å²) in [5.74, 6) is 1.88. The molecule has 0 saturated heterocycles.